The van der Waals surface area contributed by atoms with Crippen LogP contribution >= 0.6 is 0 Å². The van der Waals surface area contributed by atoms with Crippen LogP contribution in [0.2, 0.25) is 0 Å². The third-order valence-electron chi connectivity index (χ3n) is 2.62. The van der Waals surface area contributed by atoms with E-state index in [0.29, 0.717) is 19.4 Å². The topological polar surface area (TPSA) is 89.4 Å². The van der Waals surface area contributed by atoms with Gasteiger partial charge in [-0.1, -0.05) is 6.92 Å². The Labute approximate surface area is 83.4 Å². The molecule has 1 unspecified atom stereocenters. The highest BCUT2D eigenvalue weighted by atomic mass is 16.2. The first-order chi connectivity index (χ1) is 6.57. The summed E-state index contributed by atoms with van der Waals surface area (Å²) in [6, 6.07) is -0.949. The van der Waals surface area contributed by atoms with Gasteiger partial charge in [-0.3, -0.25) is 9.59 Å². The molecule has 1 saturated heterocycles. The van der Waals surface area contributed by atoms with Crippen molar-refractivity contribution in [2.45, 2.75) is 38.3 Å². The smallest absolute Gasteiger partial charge is 0.240 e. The summed E-state index contributed by atoms with van der Waals surface area (Å²) in [7, 11) is 0. The molecular weight excluding hydrogens is 182 g/mol. The lowest BCUT2D eigenvalue weighted by molar-refractivity contribution is -0.138. The SMILES string of the molecule is CC[C@@H](N)C(=O)N1CCCC1C(N)=O. The van der Waals surface area contributed by atoms with E-state index < -0.39 is 18.0 Å². The Morgan fingerprint density at radius 3 is 2.71 bits per heavy atom. The van der Waals surface area contributed by atoms with E-state index in [1.165, 1.54) is 4.90 Å². The average molecular weight is 199 g/mol. The van der Waals surface area contributed by atoms with E-state index in [9.17, 15) is 9.59 Å². The summed E-state index contributed by atoms with van der Waals surface area (Å²) in [5.41, 5.74) is 10.8. The van der Waals surface area contributed by atoms with E-state index in [1.54, 1.807) is 0 Å². The van der Waals surface area contributed by atoms with Crippen molar-refractivity contribution in [3.05, 3.63) is 0 Å². The largest absolute Gasteiger partial charge is 0.368 e. The number of primary amides is 1. The summed E-state index contributed by atoms with van der Waals surface area (Å²) in [5, 5.41) is 0. The molecule has 2 atom stereocenters. The average Bonchev–Trinajstić information content (AvgIpc) is 2.63. The van der Waals surface area contributed by atoms with Crippen LogP contribution in [0, 0.1) is 0 Å². The number of hydrogen-bond donors (Lipinski definition) is 2. The van der Waals surface area contributed by atoms with Gasteiger partial charge in [-0.2, -0.15) is 0 Å². The molecule has 0 bridgehead atoms. The minimum absolute atomic E-state index is 0.159. The molecule has 14 heavy (non-hydrogen) atoms. The first-order valence-electron chi connectivity index (χ1n) is 4.93. The van der Waals surface area contributed by atoms with Crippen LogP contribution in [0.3, 0.4) is 0 Å². The number of likely N-dealkylation sites (tertiary alicyclic amines) is 1. The fourth-order valence-corrected chi connectivity index (χ4v) is 1.71. The van der Waals surface area contributed by atoms with Crippen molar-refractivity contribution < 1.29 is 9.59 Å². The second-order valence-corrected chi connectivity index (χ2v) is 3.61. The molecule has 0 aromatic rings. The van der Waals surface area contributed by atoms with E-state index in [1.807, 2.05) is 6.92 Å². The molecule has 1 aliphatic heterocycles. The molecule has 0 spiro atoms. The van der Waals surface area contributed by atoms with Crippen molar-refractivity contribution in [1.82, 2.24) is 4.90 Å². The number of nitrogens with zero attached hydrogens (tertiary/aromatic N) is 1. The first-order valence-corrected chi connectivity index (χ1v) is 4.93. The summed E-state index contributed by atoms with van der Waals surface area (Å²) in [4.78, 5) is 24.2. The van der Waals surface area contributed by atoms with Crippen LogP contribution in [0.5, 0.6) is 0 Å². The predicted molar refractivity (Wildman–Crippen MR) is 52.2 cm³/mol. The lowest BCUT2D eigenvalue weighted by Gasteiger charge is -2.24. The molecule has 1 fully saturated rings. The molecule has 0 aliphatic carbocycles. The number of nitrogens with two attached hydrogens (primary N) is 2. The van der Waals surface area contributed by atoms with E-state index >= 15 is 0 Å². The van der Waals surface area contributed by atoms with Gasteiger partial charge in [-0.15, -0.1) is 0 Å². The number of hydrogen-bond acceptors (Lipinski definition) is 3. The van der Waals surface area contributed by atoms with Crippen LogP contribution in [0.15, 0.2) is 0 Å². The molecular formula is C9H17N3O2. The molecule has 5 heteroatoms. The van der Waals surface area contributed by atoms with Crippen LogP contribution in [-0.2, 0) is 9.59 Å². The molecule has 0 aromatic heterocycles. The molecule has 1 heterocycles. The van der Waals surface area contributed by atoms with E-state index in [2.05, 4.69) is 0 Å². The maximum absolute atomic E-state index is 11.7. The second kappa shape index (κ2) is 4.41. The van der Waals surface area contributed by atoms with Gasteiger partial charge in [-0.25, -0.2) is 0 Å². The predicted octanol–water partition coefficient (Wildman–Crippen LogP) is -0.800. The van der Waals surface area contributed by atoms with Gasteiger partial charge in [0.05, 0.1) is 6.04 Å². The zero-order valence-corrected chi connectivity index (χ0v) is 8.40. The maximum atomic E-state index is 11.7. The van der Waals surface area contributed by atoms with Gasteiger partial charge >= 0.3 is 0 Å². The number of carbonyl (C=O) groups is 2. The fraction of sp³-hybridized carbons (Fsp3) is 0.778. The quantitative estimate of drug-likeness (QED) is 0.623. The second-order valence-electron chi connectivity index (χ2n) is 3.61. The lowest BCUT2D eigenvalue weighted by Crippen LogP contribution is -2.49. The highest BCUT2D eigenvalue weighted by Gasteiger charge is 2.34. The molecule has 0 saturated carbocycles. The molecule has 2 amide bonds. The Morgan fingerprint density at radius 1 is 1.57 bits per heavy atom. The summed E-state index contributed by atoms with van der Waals surface area (Å²) >= 11 is 0. The van der Waals surface area contributed by atoms with E-state index in [-0.39, 0.29) is 5.91 Å². The monoisotopic (exact) mass is 199 g/mol. The Balaban J connectivity index is 2.67. The van der Waals surface area contributed by atoms with Crippen molar-refractivity contribution in [3.63, 3.8) is 0 Å². The van der Waals surface area contributed by atoms with Crippen LogP contribution < -0.4 is 11.5 Å². The minimum atomic E-state index is -0.505. The van der Waals surface area contributed by atoms with Crippen LogP contribution in [0.4, 0.5) is 0 Å². The highest BCUT2D eigenvalue weighted by Crippen LogP contribution is 2.17. The van der Waals surface area contributed by atoms with Crippen LogP contribution in [-0.4, -0.2) is 35.3 Å². The molecule has 5 nitrogen and oxygen atoms in total. The third kappa shape index (κ3) is 2.04. The summed E-state index contributed by atoms with van der Waals surface area (Å²) in [6.45, 7) is 2.44. The summed E-state index contributed by atoms with van der Waals surface area (Å²) in [6.07, 6.45) is 2.08. The standard InChI is InChI=1S/C9H17N3O2/c1-2-6(10)9(14)12-5-3-4-7(12)8(11)13/h6-7H,2-5,10H2,1H3,(H2,11,13)/t6-,7?/m1/s1. The van der Waals surface area contributed by atoms with Gasteiger partial charge < -0.3 is 16.4 Å². The molecule has 4 N–H and O–H groups in total. The van der Waals surface area contributed by atoms with E-state index in [4.69, 9.17) is 11.5 Å². The first kappa shape index (κ1) is 11.0. The van der Waals surface area contributed by atoms with Gasteiger partial charge in [0.15, 0.2) is 0 Å². The van der Waals surface area contributed by atoms with Gasteiger partial charge in [0.2, 0.25) is 11.8 Å². The van der Waals surface area contributed by atoms with Crippen molar-refractivity contribution in [2.24, 2.45) is 11.5 Å². The highest BCUT2D eigenvalue weighted by molar-refractivity contribution is 5.89. The molecule has 0 radical (unpaired) electrons. The zero-order chi connectivity index (χ0) is 10.7. The Kier molecular flexibility index (Phi) is 3.46. The molecule has 0 aromatic carbocycles. The molecule has 1 aliphatic rings. The Hall–Kier alpha value is -1.10. The third-order valence-corrected chi connectivity index (χ3v) is 2.62. The minimum Gasteiger partial charge on any atom is -0.368 e. The van der Waals surface area contributed by atoms with Gasteiger partial charge in [-0.05, 0) is 19.3 Å². The molecule has 1 rings (SSSR count). The van der Waals surface area contributed by atoms with Gasteiger partial charge in [0.25, 0.3) is 0 Å². The van der Waals surface area contributed by atoms with Gasteiger partial charge in [0.1, 0.15) is 6.04 Å². The lowest BCUT2D eigenvalue weighted by atomic mass is 10.1. The maximum Gasteiger partial charge on any atom is 0.240 e. The van der Waals surface area contributed by atoms with Crippen LogP contribution in [0.25, 0.3) is 0 Å². The summed E-state index contributed by atoms with van der Waals surface area (Å²) in [5.74, 6) is -0.590. The normalized spacial score (nSPS) is 23.6. The summed E-state index contributed by atoms with van der Waals surface area (Å²) < 4.78 is 0. The van der Waals surface area contributed by atoms with Crippen molar-refractivity contribution in [3.8, 4) is 0 Å². The number of rotatable bonds is 3. The van der Waals surface area contributed by atoms with Gasteiger partial charge in [0, 0.05) is 6.54 Å². The van der Waals surface area contributed by atoms with Crippen LogP contribution in [0.1, 0.15) is 26.2 Å². The zero-order valence-electron chi connectivity index (χ0n) is 8.40. The fourth-order valence-electron chi connectivity index (χ4n) is 1.71. The number of carbonyl (C=O) groups excluding carboxylic acids is 2. The Morgan fingerprint density at radius 2 is 2.21 bits per heavy atom. The molecule has 80 valence electrons. The van der Waals surface area contributed by atoms with Crippen molar-refractivity contribution >= 4 is 11.8 Å². The number of amides is 2. The van der Waals surface area contributed by atoms with E-state index in [0.717, 1.165) is 6.42 Å². The van der Waals surface area contributed by atoms with Crippen molar-refractivity contribution in [1.29, 1.82) is 0 Å². The Bertz CT molecular complexity index is 242. The van der Waals surface area contributed by atoms with Crippen molar-refractivity contribution in [2.75, 3.05) is 6.54 Å².